The van der Waals surface area contributed by atoms with Crippen molar-refractivity contribution in [3.05, 3.63) is 17.8 Å². The Kier molecular flexibility index (Phi) is 5.08. The van der Waals surface area contributed by atoms with Crippen molar-refractivity contribution in [1.29, 1.82) is 0 Å². The smallest absolute Gasteiger partial charge is 0.308 e. The maximum atomic E-state index is 11.6. The zero-order valence-corrected chi connectivity index (χ0v) is 12.3. The molecular formula is C14H20N4O3. The maximum absolute atomic E-state index is 11.6. The van der Waals surface area contributed by atoms with E-state index in [2.05, 4.69) is 20.4 Å². The highest BCUT2D eigenvalue weighted by Gasteiger charge is 2.26. The van der Waals surface area contributed by atoms with E-state index in [1.54, 1.807) is 12.1 Å². The fourth-order valence-electron chi connectivity index (χ4n) is 2.38. The summed E-state index contributed by atoms with van der Waals surface area (Å²) in [5.74, 6) is 0.327. The molecule has 1 aromatic rings. The molecule has 2 rings (SSSR count). The van der Waals surface area contributed by atoms with E-state index >= 15 is 0 Å². The first-order valence-electron chi connectivity index (χ1n) is 7.10. The van der Waals surface area contributed by atoms with Crippen LogP contribution in [0.2, 0.25) is 0 Å². The molecule has 0 bridgehead atoms. The summed E-state index contributed by atoms with van der Waals surface area (Å²) in [5.41, 5.74) is 0.310. The standard InChI is InChI=1S/C14H20N4O3/c1-3-15-13(19)11-4-5-12(17-16-11)18-8-6-10(7-9-18)14(20)21-2/h4-5,10H,3,6-9H2,1-2H3,(H,15,19). The molecule has 0 aromatic carbocycles. The van der Waals surface area contributed by atoms with Crippen LogP contribution < -0.4 is 10.2 Å². The molecule has 0 atom stereocenters. The van der Waals surface area contributed by atoms with Crippen molar-refractivity contribution in [1.82, 2.24) is 15.5 Å². The Labute approximate surface area is 123 Å². The molecular weight excluding hydrogens is 272 g/mol. The molecule has 1 fully saturated rings. The molecule has 21 heavy (non-hydrogen) atoms. The number of nitrogens with zero attached hydrogens (tertiary/aromatic N) is 3. The second-order valence-corrected chi connectivity index (χ2v) is 4.92. The van der Waals surface area contributed by atoms with Gasteiger partial charge >= 0.3 is 5.97 Å². The van der Waals surface area contributed by atoms with Crippen LogP contribution in [0.5, 0.6) is 0 Å². The van der Waals surface area contributed by atoms with E-state index < -0.39 is 0 Å². The van der Waals surface area contributed by atoms with Gasteiger partial charge in [-0.3, -0.25) is 9.59 Å². The number of carbonyl (C=O) groups excluding carboxylic acids is 2. The van der Waals surface area contributed by atoms with Gasteiger partial charge in [0.15, 0.2) is 11.5 Å². The van der Waals surface area contributed by atoms with E-state index in [0.717, 1.165) is 31.7 Å². The van der Waals surface area contributed by atoms with Crippen LogP contribution in [0.1, 0.15) is 30.3 Å². The van der Waals surface area contributed by atoms with E-state index in [4.69, 9.17) is 4.74 Å². The molecule has 1 aliphatic heterocycles. The molecule has 0 aliphatic carbocycles. The topological polar surface area (TPSA) is 84.4 Å². The quantitative estimate of drug-likeness (QED) is 0.819. The first kappa shape index (κ1) is 15.2. The summed E-state index contributed by atoms with van der Waals surface area (Å²) in [7, 11) is 1.42. The Balaban J connectivity index is 1.95. The average molecular weight is 292 g/mol. The van der Waals surface area contributed by atoms with Crippen LogP contribution in [0.25, 0.3) is 0 Å². The molecule has 0 saturated carbocycles. The number of hydrogen-bond acceptors (Lipinski definition) is 6. The number of anilines is 1. The van der Waals surface area contributed by atoms with Crippen molar-refractivity contribution in [2.24, 2.45) is 5.92 Å². The van der Waals surface area contributed by atoms with Gasteiger partial charge in [0.2, 0.25) is 0 Å². The number of ether oxygens (including phenoxy) is 1. The number of methoxy groups -OCH3 is 1. The lowest BCUT2D eigenvalue weighted by molar-refractivity contribution is -0.146. The number of amides is 1. The number of carbonyl (C=O) groups is 2. The van der Waals surface area contributed by atoms with E-state index in [-0.39, 0.29) is 17.8 Å². The summed E-state index contributed by atoms with van der Waals surface area (Å²) in [5, 5.41) is 10.7. The van der Waals surface area contributed by atoms with Gasteiger partial charge in [-0.05, 0) is 31.9 Å². The van der Waals surface area contributed by atoms with Gasteiger partial charge in [-0.2, -0.15) is 0 Å². The lowest BCUT2D eigenvalue weighted by Gasteiger charge is -2.31. The summed E-state index contributed by atoms with van der Waals surface area (Å²) < 4.78 is 4.77. The molecule has 0 unspecified atom stereocenters. The molecule has 0 spiro atoms. The number of rotatable bonds is 4. The Morgan fingerprint density at radius 1 is 1.33 bits per heavy atom. The summed E-state index contributed by atoms with van der Waals surface area (Å²) in [6.07, 6.45) is 1.48. The predicted octanol–water partition coefficient (Wildman–Crippen LogP) is 0.616. The molecule has 2 heterocycles. The van der Waals surface area contributed by atoms with Crippen LogP contribution in [-0.4, -0.2) is 48.8 Å². The summed E-state index contributed by atoms with van der Waals surface area (Å²) in [6.45, 7) is 3.87. The third kappa shape index (κ3) is 3.68. The van der Waals surface area contributed by atoms with Gasteiger partial charge in [0.25, 0.3) is 5.91 Å². The normalized spacial score (nSPS) is 15.6. The van der Waals surface area contributed by atoms with Crippen LogP contribution in [-0.2, 0) is 9.53 Å². The fourth-order valence-corrected chi connectivity index (χ4v) is 2.38. The third-order valence-corrected chi connectivity index (χ3v) is 3.57. The van der Waals surface area contributed by atoms with Crippen molar-refractivity contribution >= 4 is 17.7 Å². The van der Waals surface area contributed by atoms with Crippen LogP contribution in [0.4, 0.5) is 5.82 Å². The molecule has 7 nitrogen and oxygen atoms in total. The zero-order valence-electron chi connectivity index (χ0n) is 12.3. The van der Waals surface area contributed by atoms with E-state index in [0.29, 0.717) is 12.2 Å². The Morgan fingerprint density at radius 2 is 2.05 bits per heavy atom. The van der Waals surface area contributed by atoms with E-state index in [1.807, 2.05) is 6.92 Å². The van der Waals surface area contributed by atoms with Gasteiger partial charge in [-0.25, -0.2) is 0 Å². The van der Waals surface area contributed by atoms with Gasteiger partial charge in [-0.1, -0.05) is 0 Å². The van der Waals surface area contributed by atoms with Crippen molar-refractivity contribution < 1.29 is 14.3 Å². The van der Waals surface area contributed by atoms with Crippen LogP contribution in [0, 0.1) is 5.92 Å². The van der Waals surface area contributed by atoms with Crippen molar-refractivity contribution in [2.75, 3.05) is 31.6 Å². The minimum Gasteiger partial charge on any atom is -0.469 e. The molecule has 0 radical (unpaired) electrons. The van der Waals surface area contributed by atoms with Crippen LogP contribution in [0.15, 0.2) is 12.1 Å². The van der Waals surface area contributed by atoms with Gasteiger partial charge in [0, 0.05) is 19.6 Å². The molecule has 7 heteroatoms. The largest absolute Gasteiger partial charge is 0.469 e. The lowest BCUT2D eigenvalue weighted by Crippen LogP contribution is -2.37. The number of aromatic nitrogens is 2. The second kappa shape index (κ2) is 7.01. The summed E-state index contributed by atoms with van der Waals surface area (Å²) >= 11 is 0. The second-order valence-electron chi connectivity index (χ2n) is 4.92. The van der Waals surface area contributed by atoms with E-state index in [1.165, 1.54) is 7.11 Å². The number of hydrogen-bond donors (Lipinski definition) is 1. The number of esters is 1. The molecule has 1 aromatic heterocycles. The minimum absolute atomic E-state index is 0.0335. The lowest BCUT2D eigenvalue weighted by atomic mass is 9.97. The van der Waals surface area contributed by atoms with Crippen molar-refractivity contribution in [3.63, 3.8) is 0 Å². The van der Waals surface area contributed by atoms with Gasteiger partial charge < -0.3 is 15.0 Å². The first-order valence-corrected chi connectivity index (χ1v) is 7.10. The van der Waals surface area contributed by atoms with Crippen molar-refractivity contribution in [2.45, 2.75) is 19.8 Å². The fraction of sp³-hybridized carbons (Fsp3) is 0.571. The SMILES string of the molecule is CCNC(=O)c1ccc(N2CCC(C(=O)OC)CC2)nn1. The van der Waals surface area contributed by atoms with Gasteiger partial charge in [0.1, 0.15) is 0 Å². The zero-order chi connectivity index (χ0) is 15.2. The Morgan fingerprint density at radius 3 is 2.57 bits per heavy atom. The highest BCUT2D eigenvalue weighted by atomic mass is 16.5. The average Bonchev–Trinajstić information content (AvgIpc) is 2.54. The molecule has 1 saturated heterocycles. The van der Waals surface area contributed by atoms with Gasteiger partial charge in [0.05, 0.1) is 13.0 Å². The molecule has 1 N–H and O–H groups in total. The molecule has 114 valence electrons. The predicted molar refractivity (Wildman–Crippen MR) is 77.0 cm³/mol. The third-order valence-electron chi connectivity index (χ3n) is 3.57. The maximum Gasteiger partial charge on any atom is 0.308 e. The summed E-state index contributed by atoms with van der Waals surface area (Å²) in [4.78, 5) is 25.1. The highest BCUT2D eigenvalue weighted by molar-refractivity contribution is 5.92. The number of nitrogens with one attached hydrogen (secondary N) is 1. The van der Waals surface area contributed by atoms with Crippen LogP contribution >= 0.6 is 0 Å². The van der Waals surface area contributed by atoms with Crippen LogP contribution in [0.3, 0.4) is 0 Å². The monoisotopic (exact) mass is 292 g/mol. The summed E-state index contributed by atoms with van der Waals surface area (Å²) in [6, 6.07) is 3.45. The Bertz CT molecular complexity index is 495. The highest BCUT2D eigenvalue weighted by Crippen LogP contribution is 2.22. The van der Waals surface area contributed by atoms with E-state index in [9.17, 15) is 9.59 Å². The minimum atomic E-state index is -0.221. The molecule has 1 amide bonds. The molecule has 1 aliphatic rings. The Hall–Kier alpha value is -2.18. The van der Waals surface area contributed by atoms with Gasteiger partial charge in [-0.15, -0.1) is 10.2 Å². The van der Waals surface area contributed by atoms with Crippen molar-refractivity contribution in [3.8, 4) is 0 Å². The first-order chi connectivity index (χ1) is 10.2. The number of piperidine rings is 1.